The average molecular weight is 382 g/mol. The van der Waals surface area contributed by atoms with Crippen LogP contribution in [0.5, 0.6) is 0 Å². The first-order valence-electron chi connectivity index (χ1n) is 8.86. The maximum atomic E-state index is 12.6. The van der Waals surface area contributed by atoms with Crippen molar-refractivity contribution in [2.24, 2.45) is 0 Å². The lowest BCUT2D eigenvalue weighted by Gasteiger charge is -2.20. The SMILES string of the molecule is CCN(C(=O)CSc1n[nH]c(=O)n1CCc1ccccc1)c1ccccc1. The van der Waals surface area contributed by atoms with Crippen molar-refractivity contribution >= 4 is 23.4 Å². The highest BCUT2D eigenvalue weighted by Crippen LogP contribution is 2.18. The number of benzene rings is 2. The van der Waals surface area contributed by atoms with Crippen LogP contribution in [-0.4, -0.2) is 33.0 Å². The van der Waals surface area contributed by atoms with Gasteiger partial charge < -0.3 is 4.90 Å². The largest absolute Gasteiger partial charge is 0.343 e. The highest BCUT2D eigenvalue weighted by atomic mass is 32.2. The number of H-pyrrole nitrogens is 1. The quantitative estimate of drug-likeness (QED) is 0.608. The second-order valence-electron chi connectivity index (χ2n) is 5.96. The number of aromatic nitrogens is 3. The van der Waals surface area contributed by atoms with Gasteiger partial charge in [0.05, 0.1) is 5.75 Å². The molecular weight excluding hydrogens is 360 g/mol. The summed E-state index contributed by atoms with van der Waals surface area (Å²) in [7, 11) is 0. The summed E-state index contributed by atoms with van der Waals surface area (Å²) in [6, 6.07) is 19.5. The van der Waals surface area contributed by atoms with E-state index < -0.39 is 0 Å². The summed E-state index contributed by atoms with van der Waals surface area (Å²) in [5, 5.41) is 7.09. The second-order valence-corrected chi connectivity index (χ2v) is 6.90. The van der Waals surface area contributed by atoms with Crippen molar-refractivity contribution in [3.63, 3.8) is 0 Å². The minimum atomic E-state index is -0.253. The van der Waals surface area contributed by atoms with Crippen LogP contribution in [0.25, 0.3) is 0 Å². The summed E-state index contributed by atoms with van der Waals surface area (Å²) >= 11 is 1.28. The van der Waals surface area contributed by atoms with Gasteiger partial charge in [0.15, 0.2) is 5.16 Å². The number of carbonyl (C=O) groups excluding carboxylic acids is 1. The lowest BCUT2D eigenvalue weighted by Crippen LogP contribution is -2.32. The number of amides is 1. The van der Waals surface area contributed by atoms with Gasteiger partial charge in [-0.3, -0.25) is 9.36 Å². The number of nitrogens with zero attached hydrogens (tertiary/aromatic N) is 3. The Balaban J connectivity index is 1.64. The molecule has 3 rings (SSSR count). The summed E-state index contributed by atoms with van der Waals surface area (Å²) in [4.78, 5) is 26.4. The van der Waals surface area contributed by atoms with Crippen molar-refractivity contribution in [2.75, 3.05) is 17.2 Å². The van der Waals surface area contributed by atoms with Gasteiger partial charge in [0.1, 0.15) is 0 Å². The zero-order chi connectivity index (χ0) is 19.1. The molecule has 0 aliphatic heterocycles. The van der Waals surface area contributed by atoms with Gasteiger partial charge in [-0.15, -0.1) is 5.10 Å². The normalized spacial score (nSPS) is 10.7. The number of para-hydroxylation sites is 1. The molecule has 2 aromatic carbocycles. The Kier molecular flexibility index (Phi) is 6.49. The number of hydrogen-bond acceptors (Lipinski definition) is 4. The van der Waals surface area contributed by atoms with Crippen molar-refractivity contribution in [1.29, 1.82) is 0 Å². The van der Waals surface area contributed by atoms with E-state index in [1.165, 1.54) is 11.8 Å². The van der Waals surface area contributed by atoms with Crippen LogP contribution >= 0.6 is 11.8 Å². The Morgan fingerprint density at radius 1 is 1.11 bits per heavy atom. The van der Waals surface area contributed by atoms with Gasteiger partial charge in [0.25, 0.3) is 0 Å². The van der Waals surface area contributed by atoms with E-state index in [1.807, 2.05) is 67.6 Å². The summed E-state index contributed by atoms with van der Waals surface area (Å²) in [5.74, 6) is 0.206. The fraction of sp³-hybridized carbons (Fsp3) is 0.250. The Hall–Kier alpha value is -2.80. The molecule has 0 unspecified atom stereocenters. The van der Waals surface area contributed by atoms with Crippen LogP contribution < -0.4 is 10.6 Å². The highest BCUT2D eigenvalue weighted by Gasteiger charge is 2.16. The van der Waals surface area contributed by atoms with Crippen LogP contribution in [0.15, 0.2) is 70.6 Å². The number of nitrogens with one attached hydrogen (secondary N) is 1. The molecule has 0 aliphatic carbocycles. The first-order valence-corrected chi connectivity index (χ1v) is 9.85. The third kappa shape index (κ3) is 4.89. The van der Waals surface area contributed by atoms with Gasteiger partial charge in [-0.25, -0.2) is 9.89 Å². The maximum Gasteiger partial charge on any atom is 0.343 e. The molecule has 7 heteroatoms. The molecule has 0 aliphatic rings. The van der Waals surface area contributed by atoms with E-state index in [1.54, 1.807) is 9.47 Å². The van der Waals surface area contributed by atoms with E-state index in [-0.39, 0.29) is 17.3 Å². The van der Waals surface area contributed by atoms with Crippen LogP contribution in [0.2, 0.25) is 0 Å². The lowest BCUT2D eigenvalue weighted by molar-refractivity contribution is -0.116. The fourth-order valence-corrected chi connectivity index (χ4v) is 3.66. The molecule has 0 atom stereocenters. The van der Waals surface area contributed by atoms with Gasteiger partial charge in [-0.05, 0) is 31.0 Å². The predicted octanol–water partition coefficient (Wildman–Crippen LogP) is 2.96. The van der Waals surface area contributed by atoms with Crippen LogP contribution in [0.3, 0.4) is 0 Å². The van der Waals surface area contributed by atoms with E-state index in [9.17, 15) is 9.59 Å². The molecule has 0 saturated heterocycles. The zero-order valence-electron chi connectivity index (χ0n) is 15.2. The Labute approximate surface area is 162 Å². The number of rotatable bonds is 8. The maximum absolute atomic E-state index is 12.6. The number of aryl methyl sites for hydroxylation is 1. The van der Waals surface area contributed by atoms with Crippen LogP contribution in [-0.2, 0) is 17.8 Å². The Bertz CT molecular complexity index is 922. The van der Waals surface area contributed by atoms with Crippen molar-refractivity contribution in [3.05, 3.63) is 76.7 Å². The number of thioether (sulfide) groups is 1. The first kappa shape index (κ1) is 19.0. The first-order chi connectivity index (χ1) is 13.2. The summed E-state index contributed by atoms with van der Waals surface area (Å²) in [6.07, 6.45) is 0.729. The Morgan fingerprint density at radius 3 is 2.44 bits per heavy atom. The van der Waals surface area contributed by atoms with Gasteiger partial charge >= 0.3 is 5.69 Å². The molecule has 1 N–H and O–H groups in total. The second kappa shape index (κ2) is 9.23. The monoisotopic (exact) mass is 382 g/mol. The van der Waals surface area contributed by atoms with Crippen molar-refractivity contribution < 1.29 is 4.79 Å². The third-order valence-electron chi connectivity index (χ3n) is 4.20. The van der Waals surface area contributed by atoms with Gasteiger partial charge in [0, 0.05) is 18.8 Å². The molecule has 6 nitrogen and oxygen atoms in total. The van der Waals surface area contributed by atoms with E-state index in [0.29, 0.717) is 18.2 Å². The van der Waals surface area contributed by atoms with E-state index in [0.717, 1.165) is 17.7 Å². The topological polar surface area (TPSA) is 71.0 Å². The fourth-order valence-electron chi connectivity index (χ4n) is 2.81. The van der Waals surface area contributed by atoms with Crippen LogP contribution in [0.1, 0.15) is 12.5 Å². The summed E-state index contributed by atoms with van der Waals surface area (Å²) < 4.78 is 1.59. The number of carbonyl (C=O) groups is 1. The molecule has 27 heavy (non-hydrogen) atoms. The molecule has 1 aromatic heterocycles. The molecule has 140 valence electrons. The van der Waals surface area contributed by atoms with E-state index in [2.05, 4.69) is 10.2 Å². The standard InChI is InChI=1S/C20H22N4O2S/c1-2-23(17-11-7-4-8-12-17)18(25)15-27-20-22-21-19(26)24(20)14-13-16-9-5-3-6-10-16/h3-12H,2,13-15H2,1H3,(H,21,26). The molecule has 1 heterocycles. The van der Waals surface area contributed by atoms with Crippen molar-refractivity contribution in [2.45, 2.75) is 25.0 Å². The number of anilines is 1. The van der Waals surface area contributed by atoms with E-state index in [4.69, 9.17) is 0 Å². The molecular formula is C20H22N4O2S. The molecule has 3 aromatic rings. The van der Waals surface area contributed by atoms with Gasteiger partial charge in [-0.2, -0.15) is 0 Å². The predicted molar refractivity (Wildman–Crippen MR) is 108 cm³/mol. The molecule has 0 saturated carbocycles. The summed E-state index contributed by atoms with van der Waals surface area (Å²) in [6.45, 7) is 3.05. The lowest BCUT2D eigenvalue weighted by atomic mass is 10.1. The van der Waals surface area contributed by atoms with Crippen LogP contribution in [0, 0.1) is 0 Å². The molecule has 0 bridgehead atoms. The van der Waals surface area contributed by atoms with Crippen molar-refractivity contribution in [1.82, 2.24) is 14.8 Å². The molecule has 0 spiro atoms. The Morgan fingerprint density at radius 2 is 1.78 bits per heavy atom. The third-order valence-corrected chi connectivity index (χ3v) is 5.16. The van der Waals surface area contributed by atoms with Crippen molar-refractivity contribution in [3.8, 4) is 0 Å². The summed E-state index contributed by atoms with van der Waals surface area (Å²) in [5.41, 5.74) is 1.77. The number of hydrogen-bond donors (Lipinski definition) is 1. The smallest absolute Gasteiger partial charge is 0.312 e. The number of aromatic amines is 1. The van der Waals surface area contributed by atoms with Gasteiger partial charge in [-0.1, -0.05) is 60.3 Å². The minimum absolute atomic E-state index is 0.0150. The molecule has 0 fully saturated rings. The molecule has 1 amide bonds. The highest BCUT2D eigenvalue weighted by molar-refractivity contribution is 7.99. The molecule has 0 radical (unpaired) electrons. The minimum Gasteiger partial charge on any atom is -0.312 e. The van der Waals surface area contributed by atoms with E-state index >= 15 is 0 Å². The van der Waals surface area contributed by atoms with Gasteiger partial charge in [0.2, 0.25) is 5.91 Å². The zero-order valence-corrected chi connectivity index (χ0v) is 16.0. The van der Waals surface area contributed by atoms with Crippen LogP contribution in [0.4, 0.5) is 5.69 Å². The average Bonchev–Trinajstić information content (AvgIpc) is 3.06.